The molecule has 0 saturated heterocycles. The van der Waals surface area contributed by atoms with Crippen molar-refractivity contribution in [3.63, 3.8) is 0 Å². The van der Waals surface area contributed by atoms with Crippen LogP contribution in [0, 0.1) is 13.8 Å². The number of nitrogens with zero attached hydrogens (tertiary/aromatic N) is 2. The lowest BCUT2D eigenvalue weighted by atomic mass is 10.2. The zero-order chi connectivity index (χ0) is 24.8. The van der Waals surface area contributed by atoms with Crippen LogP contribution in [0.25, 0.3) is 0 Å². The third-order valence-corrected chi connectivity index (χ3v) is 7.20. The average Bonchev–Trinajstić information content (AvgIpc) is 2.78. The van der Waals surface area contributed by atoms with Crippen LogP contribution in [0.1, 0.15) is 17.0 Å². The third kappa shape index (κ3) is 6.88. The van der Waals surface area contributed by atoms with Crippen LogP contribution in [0.4, 0.5) is 5.95 Å². The van der Waals surface area contributed by atoms with E-state index in [0.717, 1.165) is 12.1 Å². The molecule has 180 valence electrons. The lowest BCUT2D eigenvalue weighted by molar-refractivity contribution is -0.115. The van der Waals surface area contributed by atoms with Crippen molar-refractivity contribution in [2.24, 2.45) is 0 Å². The number of hydrogen-bond donors (Lipinski definition) is 3. The molecule has 0 fully saturated rings. The van der Waals surface area contributed by atoms with Crippen LogP contribution in [-0.2, 0) is 36.3 Å². The number of anilines is 1. The summed E-state index contributed by atoms with van der Waals surface area (Å²) in [5.41, 5.74) is 1.97. The smallest absolute Gasteiger partial charge is 0.263 e. The molecule has 0 saturated carbocycles. The van der Waals surface area contributed by atoms with Gasteiger partial charge >= 0.3 is 0 Å². The highest BCUT2D eigenvalue weighted by Gasteiger charge is 2.27. The van der Waals surface area contributed by atoms with E-state index >= 15 is 0 Å². The van der Waals surface area contributed by atoms with Crippen LogP contribution in [-0.4, -0.2) is 39.3 Å². The number of carbonyl (C=O) groups is 1. The standard InChI is InChI=1S/C21H23N5O6S2/c1-15-12-16(2)24-21(23-15)25-20(27)13-22-33(28,29)18-10-6-7-11-19(18)34(30,31)26-32-14-17-8-4-3-5-9-17/h3-12,22,26H,13-14H2,1-2H3,(H,23,24,25,27). The number of benzene rings is 2. The van der Waals surface area contributed by atoms with Gasteiger partial charge in [-0.2, -0.15) is 0 Å². The molecule has 1 amide bonds. The molecule has 0 unspecified atom stereocenters. The summed E-state index contributed by atoms with van der Waals surface area (Å²) < 4.78 is 53.1. The van der Waals surface area contributed by atoms with Gasteiger partial charge in [0.05, 0.1) is 13.2 Å². The molecule has 1 aromatic heterocycles. The molecule has 0 aliphatic carbocycles. The minimum absolute atomic E-state index is 0.0319. The van der Waals surface area contributed by atoms with Crippen molar-refractivity contribution in [1.82, 2.24) is 19.6 Å². The van der Waals surface area contributed by atoms with Crippen LogP contribution in [0.2, 0.25) is 0 Å². The monoisotopic (exact) mass is 505 g/mol. The summed E-state index contributed by atoms with van der Waals surface area (Å²) >= 11 is 0. The first-order chi connectivity index (χ1) is 16.1. The Hall–Kier alpha value is -3.23. The van der Waals surface area contributed by atoms with Crippen LogP contribution in [0.15, 0.2) is 70.5 Å². The van der Waals surface area contributed by atoms with Gasteiger partial charge in [-0.25, -0.2) is 31.5 Å². The molecule has 3 N–H and O–H groups in total. The number of rotatable bonds is 10. The van der Waals surface area contributed by atoms with Crippen molar-refractivity contribution in [2.45, 2.75) is 30.2 Å². The predicted molar refractivity (Wildman–Crippen MR) is 123 cm³/mol. The molecule has 13 heteroatoms. The molecule has 0 atom stereocenters. The summed E-state index contributed by atoms with van der Waals surface area (Å²) in [5.74, 6) is -0.692. The SMILES string of the molecule is Cc1cc(C)nc(NC(=O)CNS(=O)(=O)c2ccccc2S(=O)(=O)NOCc2ccccc2)n1. The van der Waals surface area contributed by atoms with Crippen LogP contribution in [0.3, 0.4) is 0 Å². The molecular formula is C21H23N5O6S2. The Morgan fingerprint density at radius 1 is 0.853 bits per heavy atom. The van der Waals surface area contributed by atoms with Gasteiger partial charge in [-0.1, -0.05) is 47.3 Å². The molecule has 0 bridgehead atoms. The second-order valence-electron chi connectivity index (χ2n) is 7.15. The first kappa shape index (κ1) is 25.4. The van der Waals surface area contributed by atoms with Crippen molar-refractivity contribution in [2.75, 3.05) is 11.9 Å². The Kier molecular flexibility index (Phi) is 8.06. The highest BCUT2D eigenvalue weighted by atomic mass is 32.2. The summed E-state index contributed by atoms with van der Waals surface area (Å²) in [4.78, 5) is 26.2. The molecule has 11 nitrogen and oxygen atoms in total. The van der Waals surface area contributed by atoms with E-state index < -0.39 is 42.3 Å². The van der Waals surface area contributed by atoms with Gasteiger partial charge in [0.1, 0.15) is 9.79 Å². The quantitative estimate of drug-likeness (QED) is 0.349. The van der Waals surface area contributed by atoms with E-state index in [1.165, 1.54) is 12.1 Å². The minimum atomic E-state index is -4.38. The molecule has 0 radical (unpaired) electrons. The summed E-state index contributed by atoms with van der Waals surface area (Å²) in [7, 11) is -8.73. The molecule has 34 heavy (non-hydrogen) atoms. The maximum absolute atomic E-state index is 12.8. The number of carbonyl (C=O) groups excluding carboxylic acids is 1. The number of aromatic nitrogens is 2. The van der Waals surface area contributed by atoms with Gasteiger partial charge in [-0.15, -0.1) is 0 Å². The summed E-state index contributed by atoms with van der Waals surface area (Å²) in [6, 6.07) is 15.5. The Bertz CT molecular complexity index is 1360. The normalized spacial score (nSPS) is 11.8. The maximum atomic E-state index is 12.8. The fourth-order valence-corrected chi connectivity index (χ4v) is 5.51. The van der Waals surface area contributed by atoms with E-state index in [2.05, 4.69) is 20.0 Å². The maximum Gasteiger partial charge on any atom is 0.263 e. The topological polar surface area (TPSA) is 156 Å². The van der Waals surface area contributed by atoms with Crippen molar-refractivity contribution >= 4 is 31.9 Å². The summed E-state index contributed by atoms with van der Waals surface area (Å²) in [6.45, 7) is 2.73. The molecule has 0 aliphatic heterocycles. The first-order valence-electron chi connectivity index (χ1n) is 9.95. The Balaban J connectivity index is 1.69. The van der Waals surface area contributed by atoms with Gasteiger partial charge in [0, 0.05) is 11.4 Å². The Morgan fingerprint density at radius 2 is 1.41 bits per heavy atom. The van der Waals surface area contributed by atoms with Gasteiger partial charge in [-0.05, 0) is 37.6 Å². The first-order valence-corrected chi connectivity index (χ1v) is 12.9. The average molecular weight is 506 g/mol. The van der Waals surface area contributed by atoms with Crippen molar-refractivity contribution in [3.05, 3.63) is 77.6 Å². The molecular weight excluding hydrogens is 482 g/mol. The van der Waals surface area contributed by atoms with Gasteiger partial charge < -0.3 is 0 Å². The molecule has 3 aromatic rings. The van der Waals surface area contributed by atoms with Crippen LogP contribution >= 0.6 is 0 Å². The van der Waals surface area contributed by atoms with E-state index in [-0.39, 0.29) is 12.6 Å². The molecule has 2 aromatic carbocycles. The zero-order valence-electron chi connectivity index (χ0n) is 18.3. The van der Waals surface area contributed by atoms with Gasteiger partial charge in [0.2, 0.25) is 21.9 Å². The highest BCUT2D eigenvalue weighted by Crippen LogP contribution is 2.20. The van der Waals surface area contributed by atoms with E-state index in [4.69, 9.17) is 4.84 Å². The number of amides is 1. The molecule has 3 rings (SSSR count). The molecule has 0 aliphatic rings. The predicted octanol–water partition coefficient (Wildman–Crippen LogP) is 1.42. The number of aryl methyl sites for hydroxylation is 2. The largest absolute Gasteiger partial charge is 0.293 e. The van der Waals surface area contributed by atoms with E-state index in [1.54, 1.807) is 50.2 Å². The fraction of sp³-hybridized carbons (Fsp3) is 0.190. The summed E-state index contributed by atoms with van der Waals surface area (Å²) in [5, 5.41) is 2.40. The van der Waals surface area contributed by atoms with Crippen molar-refractivity contribution in [3.8, 4) is 0 Å². The van der Waals surface area contributed by atoms with Crippen LogP contribution < -0.4 is 14.9 Å². The molecule has 0 spiro atoms. The van der Waals surface area contributed by atoms with Gasteiger partial charge in [0.25, 0.3) is 10.0 Å². The fourth-order valence-electron chi connectivity index (χ4n) is 2.89. The van der Waals surface area contributed by atoms with Crippen LogP contribution in [0.5, 0.6) is 0 Å². The van der Waals surface area contributed by atoms with E-state index in [1.807, 2.05) is 4.89 Å². The molecule has 1 heterocycles. The lowest BCUT2D eigenvalue weighted by Gasteiger charge is -2.13. The van der Waals surface area contributed by atoms with Crippen molar-refractivity contribution < 1.29 is 26.5 Å². The van der Waals surface area contributed by atoms with Crippen molar-refractivity contribution in [1.29, 1.82) is 0 Å². The third-order valence-electron chi connectivity index (χ3n) is 4.33. The van der Waals surface area contributed by atoms with Gasteiger partial charge in [0.15, 0.2) is 0 Å². The second kappa shape index (κ2) is 10.8. The zero-order valence-corrected chi connectivity index (χ0v) is 20.0. The summed E-state index contributed by atoms with van der Waals surface area (Å²) in [6.07, 6.45) is 0. The number of hydrogen-bond acceptors (Lipinski definition) is 8. The highest BCUT2D eigenvalue weighted by molar-refractivity contribution is 7.92. The Labute approximate surface area is 197 Å². The lowest BCUT2D eigenvalue weighted by Crippen LogP contribution is -2.34. The number of sulfonamides is 2. The van der Waals surface area contributed by atoms with E-state index in [0.29, 0.717) is 17.0 Å². The number of nitrogens with one attached hydrogen (secondary N) is 3. The minimum Gasteiger partial charge on any atom is -0.293 e. The second-order valence-corrected chi connectivity index (χ2v) is 10.5. The van der Waals surface area contributed by atoms with E-state index in [9.17, 15) is 21.6 Å². The Morgan fingerprint density at radius 3 is 2.03 bits per heavy atom. The van der Waals surface area contributed by atoms with Gasteiger partial charge in [-0.3, -0.25) is 14.9 Å².